The Morgan fingerprint density at radius 1 is 1.59 bits per heavy atom. The molecule has 0 saturated heterocycles. The predicted molar refractivity (Wildman–Crippen MR) is 88.4 cm³/mol. The lowest BCUT2D eigenvalue weighted by atomic mass is 10.3. The van der Waals surface area contributed by atoms with Crippen molar-refractivity contribution >= 4 is 57.2 Å². The van der Waals surface area contributed by atoms with Crippen LogP contribution in [0.15, 0.2) is 20.2 Å². The molecule has 0 atom stereocenters. The van der Waals surface area contributed by atoms with E-state index in [4.69, 9.17) is 0 Å². The minimum Gasteiger partial charge on any atom is -0.357 e. The summed E-state index contributed by atoms with van der Waals surface area (Å²) in [5.41, 5.74) is 1.25. The molecule has 0 radical (unpaired) electrons. The fourth-order valence-electron chi connectivity index (χ4n) is 1.34. The first-order valence-electron chi connectivity index (χ1n) is 5.55. The van der Waals surface area contributed by atoms with Crippen LogP contribution in [-0.2, 0) is 6.54 Å². The highest BCUT2D eigenvalue weighted by atomic mass is 127. The third-order valence-corrected chi connectivity index (χ3v) is 3.86. The Morgan fingerprint density at radius 2 is 2.35 bits per heavy atom. The van der Waals surface area contributed by atoms with Crippen LogP contribution < -0.4 is 10.6 Å². The Labute approximate surface area is 132 Å². The van der Waals surface area contributed by atoms with Gasteiger partial charge < -0.3 is 10.6 Å². The zero-order valence-corrected chi connectivity index (χ0v) is 14.4. The molecule has 1 saturated carbocycles. The molecule has 3 nitrogen and oxygen atoms in total. The number of rotatable bonds is 4. The van der Waals surface area contributed by atoms with E-state index in [9.17, 15) is 0 Å². The fraction of sp³-hybridized carbons (Fsp3) is 0.545. The van der Waals surface area contributed by atoms with Crippen molar-refractivity contribution in [3.8, 4) is 0 Å². The second-order valence-electron chi connectivity index (χ2n) is 3.87. The highest BCUT2D eigenvalue weighted by Gasteiger charge is 2.21. The molecule has 1 aliphatic rings. The number of nitrogens with zero attached hydrogens (tertiary/aromatic N) is 1. The summed E-state index contributed by atoms with van der Waals surface area (Å²) in [5, 5.41) is 8.79. The zero-order valence-electron chi connectivity index (χ0n) is 9.70. The summed E-state index contributed by atoms with van der Waals surface area (Å²) in [6, 6.07) is 2.77. The number of halogens is 2. The lowest BCUT2D eigenvalue weighted by Gasteiger charge is -2.09. The van der Waals surface area contributed by atoms with E-state index in [1.54, 1.807) is 11.3 Å². The molecule has 1 aromatic rings. The van der Waals surface area contributed by atoms with Gasteiger partial charge >= 0.3 is 0 Å². The van der Waals surface area contributed by atoms with Crippen molar-refractivity contribution in [3.05, 3.63) is 20.8 Å². The van der Waals surface area contributed by atoms with Crippen LogP contribution >= 0.6 is 51.2 Å². The van der Waals surface area contributed by atoms with Crippen molar-refractivity contribution < 1.29 is 0 Å². The molecule has 2 N–H and O–H groups in total. The van der Waals surface area contributed by atoms with Crippen LogP contribution in [0.5, 0.6) is 0 Å². The average molecular weight is 430 g/mol. The van der Waals surface area contributed by atoms with Gasteiger partial charge in [-0.25, -0.2) is 4.99 Å². The van der Waals surface area contributed by atoms with E-state index in [1.807, 2.05) is 0 Å². The summed E-state index contributed by atoms with van der Waals surface area (Å²) in [6.07, 6.45) is 2.54. The van der Waals surface area contributed by atoms with Gasteiger partial charge in [-0.2, -0.15) is 0 Å². The Kier molecular flexibility index (Phi) is 6.79. The summed E-state index contributed by atoms with van der Waals surface area (Å²) >= 11 is 5.16. The number of thiophene rings is 1. The maximum Gasteiger partial charge on any atom is 0.191 e. The lowest BCUT2D eigenvalue weighted by molar-refractivity contribution is 0.812. The second-order valence-corrected chi connectivity index (χ2v) is 6.16. The Bertz CT molecular complexity index is 377. The number of aliphatic imine (C=N–C) groups is 1. The van der Waals surface area contributed by atoms with Gasteiger partial charge in [0.2, 0.25) is 0 Å². The highest BCUT2D eigenvalue weighted by Crippen LogP contribution is 2.21. The SMILES string of the molecule is CCNC(=NCc1csc(Br)c1)NC1CC1.I. The molecule has 1 heterocycles. The molecule has 96 valence electrons. The molecular formula is C11H17BrIN3S. The zero-order chi connectivity index (χ0) is 11.4. The molecule has 17 heavy (non-hydrogen) atoms. The molecule has 6 heteroatoms. The smallest absolute Gasteiger partial charge is 0.191 e. The summed E-state index contributed by atoms with van der Waals surface area (Å²) < 4.78 is 1.16. The van der Waals surface area contributed by atoms with E-state index in [0.29, 0.717) is 6.04 Å². The van der Waals surface area contributed by atoms with E-state index in [-0.39, 0.29) is 24.0 Å². The molecule has 0 amide bonds. The second kappa shape index (κ2) is 7.58. The molecule has 0 spiro atoms. The van der Waals surface area contributed by atoms with E-state index in [0.717, 1.165) is 22.8 Å². The highest BCUT2D eigenvalue weighted by molar-refractivity contribution is 14.0. The van der Waals surface area contributed by atoms with Crippen LogP contribution in [0.25, 0.3) is 0 Å². The third kappa shape index (κ3) is 5.56. The van der Waals surface area contributed by atoms with Crippen LogP contribution in [-0.4, -0.2) is 18.5 Å². The third-order valence-electron chi connectivity index (χ3n) is 2.30. The van der Waals surface area contributed by atoms with Crippen molar-refractivity contribution in [2.45, 2.75) is 32.4 Å². The molecule has 2 rings (SSSR count). The van der Waals surface area contributed by atoms with E-state index >= 15 is 0 Å². The molecule has 1 aliphatic carbocycles. The van der Waals surface area contributed by atoms with Gasteiger partial charge in [-0.05, 0) is 52.7 Å². The summed E-state index contributed by atoms with van der Waals surface area (Å²) in [6.45, 7) is 3.74. The maximum absolute atomic E-state index is 4.56. The first-order chi connectivity index (χ1) is 7.78. The Balaban J connectivity index is 0.00000144. The topological polar surface area (TPSA) is 36.4 Å². The molecule has 1 fully saturated rings. The van der Waals surface area contributed by atoms with E-state index in [2.05, 4.69) is 49.9 Å². The van der Waals surface area contributed by atoms with E-state index < -0.39 is 0 Å². The summed E-state index contributed by atoms with van der Waals surface area (Å²) in [4.78, 5) is 4.56. The normalized spacial score (nSPS) is 15.3. The van der Waals surface area contributed by atoms with Gasteiger partial charge in [-0.3, -0.25) is 0 Å². The monoisotopic (exact) mass is 429 g/mol. The number of hydrogen-bond donors (Lipinski definition) is 2. The number of guanidine groups is 1. The minimum absolute atomic E-state index is 0. The lowest BCUT2D eigenvalue weighted by Crippen LogP contribution is -2.38. The molecule has 0 bridgehead atoms. The van der Waals surface area contributed by atoms with Gasteiger partial charge in [-0.1, -0.05) is 0 Å². The van der Waals surface area contributed by atoms with Crippen molar-refractivity contribution in [1.29, 1.82) is 0 Å². The quantitative estimate of drug-likeness (QED) is 0.437. The van der Waals surface area contributed by atoms with Gasteiger partial charge in [0.25, 0.3) is 0 Å². The van der Waals surface area contributed by atoms with E-state index in [1.165, 1.54) is 18.4 Å². The van der Waals surface area contributed by atoms with Gasteiger partial charge in [0.05, 0.1) is 10.3 Å². The van der Waals surface area contributed by atoms with Crippen LogP contribution in [0.3, 0.4) is 0 Å². The first kappa shape index (κ1) is 15.2. The van der Waals surface area contributed by atoms with Gasteiger partial charge in [-0.15, -0.1) is 35.3 Å². The number of nitrogens with one attached hydrogen (secondary N) is 2. The van der Waals surface area contributed by atoms with Crippen molar-refractivity contribution in [2.24, 2.45) is 4.99 Å². The van der Waals surface area contributed by atoms with Crippen molar-refractivity contribution in [2.75, 3.05) is 6.54 Å². The summed E-state index contributed by atoms with van der Waals surface area (Å²) in [7, 11) is 0. The first-order valence-corrected chi connectivity index (χ1v) is 7.23. The molecular weight excluding hydrogens is 413 g/mol. The molecule has 0 unspecified atom stereocenters. The number of hydrogen-bond acceptors (Lipinski definition) is 2. The van der Waals surface area contributed by atoms with Crippen LogP contribution in [0, 0.1) is 0 Å². The minimum atomic E-state index is 0. The van der Waals surface area contributed by atoms with Crippen molar-refractivity contribution in [3.63, 3.8) is 0 Å². The van der Waals surface area contributed by atoms with Gasteiger partial charge in [0, 0.05) is 12.6 Å². The standard InChI is InChI=1S/C11H16BrN3S.HI/c1-2-13-11(15-9-3-4-9)14-6-8-5-10(12)16-7-8;/h5,7,9H,2-4,6H2,1H3,(H2,13,14,15);1H. The van der Waals surface area contributed by atoms with Crippen molar-refractivity contribution in [1.82, 2.24) is 10.6 Å². The fourth-order valence-corrected chi connectivity index (χ4v) is 2.54. The Morgan fingerprint density at radius 3 is 2.88 bits per heavy atom. The van der Waals surface area contributed by atoms with Gasteiger partial charge in [0.15, 0.2) is 5.96 Å². The molecule has 0 aliphatic heterocycles. The Hall–Kier alpha value is 0.180. The molecule has 0 aromatic carbocycles. The van der Waals surface area contributed by atoms with Crippen LogP contribution in [0.1, 0.15) is 25.3 Å². The average Bonchev–Trinajstić information content (AvgIpc) is 2.97. The van der Waals surface area contributed by atoms with Gasteiger partial charge in [0.1, 0.15) is 0 Å². The molecule has 1 aromatic heterocycles. The maximum atomic E-state index is 4.56. The van der Waals surface area contributed by atoms with Crippen LogP contribution in [0.4, 0.5) is 0 Å². The largest absolute Gasteiger partial charge is 0.357 e. The predicted octanol–water partition coefficient (Wildman–Crippen LogP) is 3.35. The summed E-state index contributed by atoms with van der Waals surface area (Å²) in [5.74, 6) is 0.937. The van der Waals surface area contributed by atoms with Crippen LogP contribution in [0.2, 0.25) is 0 Å².